The van der Waals surface area contributed by atoms with Crippen LogP contribution in [0, 0.1) is 20.8 Å². The maximum Gasteiger partial charge on any atom is 0.265 e. The molecule has 0 atom stereocenters. The average Bonchev–Trinajstić information content (AvgIpc) is 2.61. The van der Waals surface area contributed by atoms with Gasteiger partial charge in [0.05, 0.1) is 11.4 Å². The third-order valence-corrected chi connectivity index (χ3v) is 4.50. The summed E-state index contributed by atoms with van der Waals surface area (Å²) in [7, 11) is 0. The minimum absolute atomic E-state index is 0.0751. The topological polar surface area (TPSA) is 71.0 Å². The van der Waals surface area contributed by atoms with E-state index < -0.39 is 0 Å². The average molecular weight is 365 g/mol. The summed E-state index contributed by atoms with van der Waals surface area (Å²) in [4.78, 5) is 25.9. The highest BCUT2D eigenvalue weighted by molar-refractivity contribution is 6.04. The number of aryl methyl sites for hydroxylation is 3. The number of carbonyl (C=O) groups is 2. The largest absolute Gasteiger partial charge is 0.482 e. The minimum atomic E-state index is -0.359. The Labute approximate surface area is 158 Å². The lowest BCUT2D eigenvalue weighted by molar-refractivity contribution is -0.125. The van der Waals surface area contributed by atoms with E-state index in [2.05, 4.69) is 29.6 Å². The van der Waals surface area contributed by atoms with Gasteiger partial charge in [-0.15, -0.1) is 0 Å². The molecule has 0 radical (unpaired) electrons. The second-order valence-corrected chi connectivity index (χ2v) is 6.74. The zero-order valence-corrected chi connectivity index (χ0v) is 16.0. The van der Waals surface area contributed by atoms with Crippen molar-refractivity contribution < 1.29 is 14.3 Å². The minimum Gasteiger partial charge on any atom is -0.482 e. The number of ether oxygens (including phenoxy) is 1. The van der Waals surface area contributed by atoms with Crippen LogP contribution >= 0.6 is 0 Å². The molecule has 6 nitrogen and oxygen atoms in total. The lowest BCUT2D eigenvalue weighted by Gasteiger charge is -2.28. The molecule has 1 aliphatic rings. The zero-order chi connectivity index (χ0) is 19.6. The van der Waals surface area contributed by atoms with Crippen molar-refractivity contribution in [2.24, 2.45) is 5.10 Å². The fourth-order valence-electron chi connectivity index (χ4n) is 3.46. The van der Waals surface area contributed by atoms with Gasteiger partial charge in [-0.25, -0.2) is 5.43 Å². The van der Waals surface area contributed by atoms with Crippen LogP contribution in [0.15, 0.2) is 41.5 Å². The first kappa shape index (κ1) is 18.6. The van der Waals surface area contributed by atoms with Crippen molar-refractivity contribution in [3.8, 4) is 5.75 Å². The molecule has 1 aliphatic heterocycles. The number of benzene rings is 2. The molecule has 140 valence electrons. The van der Waals surface area contributed by atoms with E-state index in [0.717, 1.165) is 22.4 Å². The van der Waals surface area contributed by atoms with Crippen molar-refractivity contribution in [1.29, 1.82) is 0 Å². The molecule has 0 saturated carbocycles. The normalized spacial score (nSPS) is 13.9. The first-order valence-corrected chi connectivity index (χ1v) is 8.80. The predicted molar refractivity (Wildman–Crippen MR) is 105 cm³/mol. The number of nitrogens with zero attached hydrogens (tertiary/aromatic N) is 2. The Morgan fingerprint density at radius 1 is 1.19 bits per heavy atom. The van der Waals surface area contributed by atoms with E-state index in [4.69, 9.17) is 4.74 Å². The van der Waals surface area contributed by atoms with Crippen LogP contribution in [0.1, 0.15) is 29.2 Å². The summed E-state index contributed by atoms with van der Waals surface area (Å²) < 4.78 is 5.39. The van der Waals surface area contributed by atoms with Crippen LogP contribution in [0.4, 0.5) is 5.69 Å². The van der Waals surface area contributed by atoms with Gasteiger partial charge in [0.15, 0.2) is 6.61 Å². The summed E-state index contributed by atoms with van der Waals surface area (Å²) in [5.74, 6) is -0.0212. The van der Waals surface area contributed by atoms with E-state index in [9.17, 15) is 9.59 Å². The molecule has 2 aromatic carbocycles. The number of fused-ring (bicyclic) bond motifs is 1. The van der Waals surface area contributed by atoms with E-state index in [0.29, 0.717) is 11.4 Å². The standard InChI is InChI=1S/C21H23N3O3/c1-13-9-14(2)21(15(3)10-13)16(4)22-23-19(25)11-24-17-7-5-6-8-18(17)27-12-20(24)26/h5-10H,11-12H2,1-4H3,(H,23,25)/b22-16-. The van der Waals surface area contributed by atoms with Gasteiger partial charge in [0.2, 0.25) is 0 Å². The molecule has 1 heterocycles. The van der Waals surface area contributed by atoms with Gasteiger partial charge < -0.3 is 4.74 Å². The third kappa shape index (κ3) is 4.00. The molecule has 0 bridgehead atoms. The molecule has 0 aliphatic carbocycles. The Hall–Kier alpha value is -3.15. The van der Waals surface area contributed by atoms with Crippen molar-refractivity contribution in [1.82, 2.24) is 5.43 Å². The van der Waals surface area contributed by atoms with Crippen LogP contribution in [-0.2, 0) is 9.59 Å². The summed E-state index contributed by atoms with van der Waals surface area (Å²) in [6, 6.07) is 11.3. The van der Waals surface area contributed by atoms with Gasteiger partial charge in [-0.3, -0.25) is 14.5 Å². The Balaban J connectivity index is 1.73. The highest BCUT2D eigenvalue weighted by Crippen LogP contribution is 2.31. The third-order valence-electron chi connectivity index (χ3n) is 4.50. The van der Waals surface area contributed by atoms with Crippen molar-refractivity contribution in [2.75, 3.05) is 18.1 Å². The number of amides is 2. The van der Waals surface area contributed by atoms with Crippen LogP contribution in [0.25, 0.3) is 0 Å². The molecule has 0 fully saturated rings. The van der Waals surface area contributed by atoms with Crippen molar-refractivity contribution >= 4 is 23.2 Å². The van der Waals surface area contributed by atoms with Gasteiger partial charge in [-0.2, -0.15) is 5.10 Å². The molecule has 0 unspecified atom stereocenters. The Bertz CT molecular complexity index is 911. The van der Waals surface area contributed by atoms with E-state index in [1.807, 2.05) is 26.8 Å². The summed E-state index contributed by atoms with van der Waals surface area (Å²) >= 11 is 0. The summed E-state index contributed by atoms with van der Waals surface area (Å²) in [6.07, 6.45) is 0. The molecule has 3 rings (SSSR count). The number of para-hydroxylation sites is 2. The monoisotopic (exact) mass is 365 g/mol. The van der Waals surface area contributed by atoms with Crippen LogP contribution in [0.2, 0.25) is 0 Å². The summed E-state index contributed by atoms with van der Waals surface area (Å²) in [6.45, 7) is 7.78. The Kier molecular flexibility index (Phi) is 5.26. The lowest BCUT2D eigenvalue weighted by atomic mass is 9.97. The highest BCUT2D eigenvalue weighted by Gasteiger charge is 2.26. The molecule has 0 saturated heterocycles. The van der Waals surface area contributed by atoms with Crippen molar-refractivity contribution in [3.05, 3.63) is 58.7 Å². The van der Waals surface area contributed by atoms with Gasteiger partial charge in [0, 0.05) is 5.56 Å². The molecule has 6 heteroatoms. The van der Waals surface area contributed by atoms with Gasteiger partial charge in [-0.1, -0.05) is 29.8 Å². The van der Waals surface area contributed by atoms with Crippen molar-refractivity contribution in [3.63, 3.8) is 0 Å². The number of hydrazone groups is 1. The molecule has 0 spiro atoms. The molecule has 1 N–H and O–H groups in total. The maximum atomic E-state index is 12.4. The van der Waals surface area contributed by atoms with Crippen LogP contribution in [0.5, 0.6) is 5.75 Å². The Morgan fingerprint density at radius 2 is 1.85 bits per heavy atom. The van der Waals surface area contributed by atoms with E-state index in [-0.39, 0.29) is 25.0 Å². The number of carbonyl (C=O) groups excluding carboxylic acids is 2. The smallest absolute Gasteiger partial charge is 0.265 e. The maximum absolute atomic E-state index is 12.4. The van der Waals surface area contributed by atoms with Gasteiger partial charge in [-0.05, 0) is 51.0 Å². The van der Waals surface area contributed by atoms with Crippen molar-refractivity contribution in [2.45, 2.75) is 27.7 Å². The number of rotatable bonds is 4. The number of anilines is 1. The van der Waals surface area contributed by atoms with E-state index in [1.54, 1.807) is 18.2 Å². The fourth-order valence-corrected chi connectivity index (χ4v) is 3.46. The van der Waals surface area contributed by atoms with E-state index in [1.165, 1.54) is 10.5 Å². The van der Waals surface area contributed by atoms with E-state index >= 15 is 0 Å². The molecule has 2 aromatic rings. The van der Waals surface area contributed by atoms with Crippen LogP contribution in [0.3, 0.4) is 0 Å². The first-order chi connectivity index (χ1) is 12.9. The lowest BCUT2D eigenvalue weighted by Crippen LogP contribution is -2.44. The zero-order valence-electron chi connectivity index (χ0n) is 16.0. The second-order valence-electron chi connectivity index (χ2n) is 6.74. The summed E-state index contributed by atoms with van der Waals surface area (Å²) in [5.41, 5.74) is 8.32. The van der Waals surface area contributed by atoms with Crippen LogP contribution in [-0.4, -0.2) is 30.7 Å². The molecular weight excluding hydrogens is 342 g/mol. The summed E-state index contributed by atoms with van der Waals surface area (Å²) in [5, 5.41) is 4.24. The fraction of sp³-hybridized carbons (Fsp3) is 0.286. The quantitative estimate of drug-likeness (QED) is 0.669. The number of nitrogens with one attached hydrogen (secondary N) is 1. The predicted octanol–water partition coefficient (Wildman–Crippen LogP) is 2.88. The number of hydrogen-bond donors (Lipinski definition) is 1. The van der Waals surface area contributed by atoms with Crippen LogP contribution < -0.4 is 15.1 Å². The highest BCUT2D eigenvalue weighted by atomic mass is 16.5. The number of hydrogen-bond acceptors (Lipinski definition) is 4. The molecule has 0 aromatic heterocycles. The van der Waals surface area contributed by atoms with Gasteiger partial charge in [0.1, 0.15) is 12.3 Å². The second kappa shape index (κ2) is 7.61. The SMILES string of the molecule is C/C(=N/NC(=O)CN1C(=O)COc2ccccc21)c1c(C)cc(C)cc1C. The first-order valence-electron chi connectivity index (χ1n) is 8.80. The molecule has 2 amide bonds. The molecule has 27 heavy (non-hydrogen) atoms. The van der Waals surface area contributed by atoms with Gasteiger partial charge >= 0.3 is 0 Å². The van der Waals surface area contributed by atoms with Gasteiger partial charge in [0.25, 0.3) is 11.8 Å². The molecular formula is C21H23N3O3. The Morgan fingerprint density at radius 3 is 2.56 bits per heavy atom.